The number of aryl methyl sites for hydroxylation is 1. The van der Waals surface area contributed by atoms with Gasteiger partial charge in [-0.15, -0.1) is 22.7 Å². The first-order valence-electron chi connectivity index (χ1n) is 13.3. The molecule has 3 aromatic heterocycles. The summed E-state index contributed by atoms with van der Waals surface area (Å²) in [6.45, 7) is 2.24. The number of thioether (sulfide) groups is 1. The molecule has 1 atom stereocenters. The molecule has 1 aliphatic carbocycles. The zero-order valence-corrected chi connectivity index (χ0v) is 25.0. The zero-order chi connectivity index (χ0) is 28.5. The molecule has 41 heavy (non-hydrogen) atoms. The van der Waals surface area contributed by atoms with Crippen molar-refractivity contribution in [2.75, 3.05) is 18.2 Å². The maximum absolute atomic E-state index is 14.0. The van der Waals surface area contributed by atoms with Crippen molar-refractivity contribution in [3.05, 3.63) is 93.1 Å². The number of hydrogen-bond donors (Lipinski definition) is 1. The van der Waals surface area contributed by atoms with Gasteiger partial charge in [-0.1, -0.05) is 67.2 Å². The number of nitrogens with one attached hydrogen (secondary N) is 1. The number of anilines is 1. The van der Waals surface area contributed by atoms with E-state index in [0.29, 0.717) is 32.7 Å². The van der Waals surface area contributed by atoms with E-state index in [1.807, 2.05) is 60.7 Å². The molecule has 1 N–H and O–H groups in total. The number of carbonyl (C=O) groups excluding carboxylic acids is 2. The van der Waals surface area contributed by atoms with E-state index in [9.17, 15) is 14.4 Å². The lowest BCUT2D eigenvalue weighted by atomic mass is 9.89. The summed E-state index contributed by atoms with van der Waals surface area (Å²) in [5.41, 5.74) is 2.97. The number of methoxy groups -OCH3 is 1. The summed E-state index contributed by atoms with van der Waals surface area (Å²) in [7, 11) is 1.32. The van der Waals surface area contributed by atoms with E-state index in [1.165, 1.54) is 35.1 Å². The van der Waals surface area contributed by atoms with Crippen LogP contribution in [0.25, 0.3) is 26.3 Å². The van der Waals surface area contributed by atoms with E-state index < -0.39 is 5.97 Å². The fourth-order valence-electron chi connectivity index (χ4n) is 5.06. The number of ether oxygens (including phenoxy) is 1. The summed E-state index contributed by atoms with van der Waals surface area (Å²) in [5.74, 6) is -0.243. The van der Waals surface area contributed by atoms with Gasteiger partial charge in [0.25, 0.3) is 5.56 Å². The van der Waals surface area contributed by atoms with E-state index >= 15 is 0 Å². The Kier molecular flexibility index (Phi) is 7.79. The first kappa shape index (κ1) is 27.4. The minimum absolute atomic E-state index is 0.00604. The van der Waals surface area contributed by atoms with Gasteiger partial charge in [-0.2, -0.15) is 0 Å². The Labute approximate surface area is 249 Å². The third-order valence-electron chi connectivity index (χ3n) is 7.09. The highest BCUT2D eigenvalue weighted by Gasteiger charge is 2.26. The van der Waals surface area contributed by atoms with Crippen LogP contribution in [-0.2, 0) is 22.4 Å². The maximum Gasteiger partial charge on any atom is 0.340 e. The summed E-state index contributed by atoms with van der Waals surface area (Å²) in [6.07, 6.45) is 2.90. The van der Waals surface area contributed by atoms with Crippen LogP contribution in [0.1, 0.15) is 34.1 Å². The van der Waals surface area contributed by atoms with Gasteiger partial charge in [0.1, 0.15) is 9.83 Å². The lowest BCUT2D eigenvalue weighted by Crippen LogP contribution is -2.23. The average molecular weight is 602 g/mol. The van der Waals surface area contributed by atoms with Gasteiger partial charge in [0, 0.05) is 9.75 Å². The average Bonchev–Trinajstić information content (AvgIpc) is 3.57. The number of rotatable bonds is 7. The maximum atomic E-state index is 14.0. The zero-order valence-electron chi connectivity index (χ0n) is 22.5. The molecule has 1 aliphatic rings. The summed E-state index contributed by atoms with van der Waals surface area (Å²) >= 11 is 4.11. The third-order valence-corrected chi connectivity index (χ3v) is 10.3. The van der Waals surface area contributed by atoms with Gasteiger partial charge in [-0.3, -0.25) is 14.2 Å². The van der Waals surface area contributed by atoms with Crippen LogP contribution in [0.5, 0.6) is 0 Å². The van der Waals surface area contributed by atoms with Crippen LogP contribution < -0.4 is 10.9 Å². The second kappa shape index (κ2) is 11.6. The Hall–Kier alpha value is -3.73. The second-order valence-electron chi connectivity index (χ2n) is 9.95. The van der Waals surface area contributed by atoms with Crippen LogP contribution in [0.4, 0.5) is 5.00 Å². The normalized spacial score (nSPS) is 14.5. The van der Waals surface area contributed by atoms with Gasteiger partial charge in [0.15, 0.2) is 5.16 Å². The van der Waals surface area contributed by atoms with Crippen molar-refractivity contribution in [2.45, 2.75) is 31.3 Å². The predicted molar refractivity (Wildman–Crippen MR) is 167 cm³/mol. The Morgan fingerprint density at radius 3 is 2.56 bits per heavy atom. The number of hydrogen-bond acceptors (Lipinski definition) is 8. The fourth-order valence-corrected chi connectivity index (χ4v) is 8.36. The van der Waals surface area contributed by atoms with Gasteiger partial charge in [-0.25, -0.2) is 9.78 Å². The van der Waals surface area contributed by atoms with Gasteiger partial charge in [0.05, 0.1) is 29.5 Å². The van der Waals surface area contributed by atoms with Crippen molar-refractivity contribution in [1.82, 2.24) is 9.55 Å². The molecule has 1 amide bonds. The van der Waals surface area contributed by atoms with Crippen LogP contribution in [-0.4, -0.2) is 34.3 Å². The van der Waals surface area contributed by atoms with Crippen LogP contribution in [0, 0.1) is 5.92 Å². The minimum atomic E-state index is -0.521. The molecule has 5 aromatic rings. The fraction of sp³-hybridized carbons (Fsp3) is 0.226. The van der Waals surface area contributed by atoms with Gasteiger partial charge >= 0.3 is 5.97 Å². The van der Waals surface area contributed by atoms with Gasteiger partial charge < -0.3 is 10.1 Å². The SMILES string of the molecule is COC(=O)c1cc(-c2ccccc2)sc1NC(=O)CSc1nc2sc3c(c2c(=O)n1-c1ccccc1)CC[C@H](C)C3. The molecule has 6 rings (SSSR count). The monoisotopic (exact) mass is 601 g/mol. The topological polar surface area (TPSA) is 90.3 Å². The van der Waals surface area contributed by atoms with Crippen molar-refractivity contribution in [1.29, 1.82) is 0 Å². The van der Waals surface area contributed by atoms with Crippen molar-refractivity contribution >= 4 is 61.5 Å². The molecular formula is C31H27N3O4S3. The number of thiophene rings is 2. The molecule has 0 bridgehead atoms. The van der Waals surface area contributed by atoms with Crippen molar-refractivity contribution in [2.24, 2.45) is 5.92 Å². The Balaban J connectivity index is 1.31. The lowest BCUT2D eigenvalue weighted by Gasteiger charge is -2.17. The predicted octanol–water partition coefficient (Wildman–Crippen LogP) is 6.82. The van der Waals surface area contributed by atoms with E-state index in [4.69, 9.17) is 9.72 Å². The molecule has 0 unspecified atom stereocenters. The Morgan fingerprint density at radius 2 is 1.83 bits per heavy atom. The molecule has 7 nitrogen and oxygen atoms in total. The van der Waals surface area contributed by atoms with E-state index in [1.54, 1.807) is 22.0 Å². The molecular weight excluding hydrogens is 575 g/mol. The minimum Gasteiger partial charge on any atom is -0.465 e. The first-order valence-corrected chi connectivity index (χ1v) is 15.9. The van der Waals surface area contributed by atoms with E-state index in [2.05, 4.69) is 12.2 Å². The van der Waals surface area contributed by atoms with Crippen molar-refractivity contribution in [3.63, 3.8) is 0 Å². The lowest BCUT2D eigenvalue weighted by molar-refractivity contribution is -0.113. The number of fused-ring (bicyclic) bond motifs is 3. The number of aromatic nitrogens is 2. The summed E-state index contributed by atoms with van der Waals surface area (Å²) in [6, 6.07) is 20.8. The van der Waals surface area contributed by atoms with Crippen LogP contribution in [0.2, 0.25) is 0 Å². The number of amides is 1. The Bertz CT molecular complexity index is 1810. The molecule has 0 aliphatic heterocycles. The van der Waals surface area contributed by atoms with Crippen LogP contribution >= 0.6 is 34.4 Å². The number of carbonyl (C=O) groups is 2. The highest BCUT2D eigenvalue weighted by Crippen LogP contribution is 2.38. The van der Waals surface area contributed by atoms with Gasteiger partial charge in [0.2, 0.25) is 5.91 Å². The molecule has 2 aromatic carbocycles. The molecule has 0 saturated heterocycles. The van der Waals surface area contributed by atoms with Crippen molar-refractivity contribution in [3.8, 4) is 16.1 Å². The second-order valence-corrected chi connectivity index (χ2v) is 13.0. The first-order chi connectivity index (χ1) is 19.9. The highest BCUT2D eigenvalue weighted by molar-refractivity contribution is 7.99. The highest BCUT2D eigenvalue weighted by atomic mass is 32.2. The van der Waals surface area contributed by atoms with Crippen LogP contribution in [0.3, 0.4) is 0 Å². The molecule has 208 valence electrons. The van der Waals surface area contributed by atoms with Gasteiger partial charge in [-0.05, 0) is 54.5 Å². The third kappa shape index (κ3) is 5.47. The standard InChI is InChI=1S/C31H27N3O4S3/c1-18-13-14-21-24(15-18)41-28-26(21)29(36)34(20-11-7-4-8-12-20)31(33-28)39-17-25(35)32-27-22(30(37)38-2)16-23(40-27)19-9-5-3-6-10-19/h3-12,16,18H,13-15,17H2,1-2H3,(H,32,35)/t18-/m0/s1. The molecule has 0 radical (unpaired) electrons. The van der Waals surface area contributed by atoms with Crippen molar-refractivity contribution < 1.29 is 14.3 Å². The Morgan fingerprint density at radius 1 is 1.10 bits per heavy atom. The molecule has 3 heterocycles. The molecule has 0 saturated carbocycles. The molecule has 0 spiro atoms. The summed E-state index contributed by atoms with van der Waals surface area (Å²) in [4.78, 5) is 47.4. The summed E-state index contributed by atoms with van der Waals surface area (Å²) in [5, 5.41) is 4.47. The number of para-hydroxylation sites is 1. The summed E-state index contributed by atoms with van der Waals surface area (Å²) < 4.78 is 6.58. The van der Waals surface area contributed by atoms with E-state index in [-0.39, 0.29) is 17.2 Å². The quantitative estimate of drug-likeness (QED) is 0.125. The van der Waals surface area contributed by atoms with E-state index in [0.717, 1.165) is 40.1 Å². The number of benzene rings is 2. The number of esters is 1. The smallest absolute Gasteiger partial charge is 0.340 e. The molecule has 0 fully saturated rings. The largest absolute Gasteiger partial charge is 0.465 e. The van der Waals surface area contributed by atoms with Crippen LogP contribution in [0.15, 0.2) is 76.7 Å². The number of nitrogens with zero attached hydrogens (tertiary/aromatic N) is 2. The molecule has 10 heteroatoms.